The number of H-pyrrole nitrogens is 1. The molecule has 4 heteroatoms. The van der Waals surface area contributed by atoms with Crippen LogP contribution in [0, 0.1) is 11.3 Å². The van der Waals surface area contributed by atoms with Crippen LogP contribution in [0.1, 0.15) is 49.9 Å². The van der Waals surface area contributed by atoms with Gasteiger partial charge in [-0.1, -0.05) is 54.8 Å². The molecule has 0 radical (unpaired) electrons. The lowest BCUT2D eigenvalue weighted by Crippen LogP contribution is -2.22. The highest BCUT2D eigenvalue weighted by molar-refractivity contribution is 9.10. The van der Waals surface area contributed by atoms with E-state index in [0.717, 1.165) is 47.7 Å². The largest absolute Gasteiger partial charge is 0.289 e. The second-order valence-electron chi connectivity index (χ2n) is 5.72. The summed E-state index contributed by atoms with van der Waals surface area (Å²) < 4.78 is 1.00. The third-order valence-corrected chi connectivity index (χ3v) is 4.47. The third-order valence-electron chi connectivity index (χ3n) is 3.98. The quantitative estimate of drug-likeness (QED) is 0.799. The molecule has 0 aliphatic carbocycles. The van der Waals surface area contributed by atoms with Crippen molar-refractivity contribution in [1.82, 2.24) is 0 Å². The molecule has 0 fully saturated rings. The molecule has 0 aliphatic rings. The molecule has 2 aromatic rings. The van der Waals surface area contributed by atoms with Crippen LogP contribution in [-0.2, 0) is 12.8 Å². The minimum absolute atomic E-state index is 0.466. The van der Waals surface area contributed by atoms with Crippen molar-refractivity contribution in [3.8, 4) is 17.2 Å². The van der Waals surface area contributed by atoms with Crippen LogP contribution in [0.2, 0.25) is 0 Å². The van der Waals surface area contributed by atoms with Crippen molar-refractivity contribution in [3.63, 3.8) is 0 Å². The molecule has 1 aromatic carbocycles. The minimum atomic E-state index is 0.466. The lowest BCUT2D eigenvalue weighted by Gasteiger charge is -2.15. The Balaban J connectivity index is 2.74. The maximum Gasteiger partial charge on any atom is 0.289 e. The Morgan fingerprint density at radius 1 is 1.22 bits per heavy atom. The number of aromatic amines is 1. The van der Waals surface area contributed by atoms with E-state index in [1.165, 1.54) is 11.3 Å². The van der Waals surface area contributed by atoms with Crippen LogP contribution in [0.25, 0.3) is 11.1 Å². The Morgan fingerprint density at radius 3 is 2.61 bits per heavy atom. The molecule has 3 nitrogen and oxygen atoms in total. The number of unbranched alkanes of at least 4 members (excludes halogenated alkanes) is 1. The Morgan fingerprint density at radius 2 is 2.00 bits per heavy atom. The van der Waals surface area contributed by atoms with Gasteiger partial charge in [-0.2, -0.15) is 5.26 Å². The number of nitrogens with one attached hydrogen (secondary N) is 1. The molecule has 1 aromatic heterocycles. The summed E-state index contributed by atoms with van der Waals surface area (Å²) in [6.07, 6.45) is 5.17. The predicted molar refractivity (Wildman–Crippen MR) is 97.9 cm³/mol. The molecule has 1 heterocycles. The van der Waals surface area contributed by atoms with E-state index in [1.807, 2.05) is 18.2 Å². The molecule has 0 unspecified atom stereocenters. The van der Waals surface area contributed by atoms with E-state index in [1.54, 1.807) is 0 Å². The Kier molecular flexibility index (Phi) is 6.18. The highest BCUT2D eigenvalue weighted by Crippen LogP contribution is 2.33. The molecule has 2 rings (SSSR count). The highest BCUT2D eigenvalue weighted by atomic mass is 79.9. The number of aromatic nitrogens is 1. The van der Waals surface area contributed by atoms with E-state index in [4.69, 9.17) is 5.73 Å². The van der Waals surface area contributed by atoms with Crippen molar-refractivity contribution >= 4 is 21.7 Å². The number of nitrogen functional groups attached to an aromatic ring is 1. The second kappa shape index (κ2) is 8.12. The first kappa shape index (κ1) is 17.5. The number of hydrogen-bond acceptors (Lipinski definition) is 2. The van der Waals surface area contributed by atoms with Crippen LogP contribution in [0.3, 0.4) is 0 Å². The first-order valence-corrected chi connectivity index (χ1v) is 8.94. The number of pyridine rings is 1. The van der Waals surface area contributed by atoms with Crippen LogP contribution < -0.4 is 10.7 Å². The minimum Gasteiger partial charge on any atom is -0.286 e. The predicted octanol–water partition coefficient (Wildman–Crippen LogP) is 4.68. The SMILES string of the molecule is CCCCc1[nH+]c(N)c(C#N)c(-c2cccc(Br)c2)c1CCC. The smallest absolute Gasteiger partial charge is 0.286 e. The van der Waals surface area contributed by atoms with Gasteiger partial charge in [0.05, 0.1) is 0 Å². The van der Waals surface area contributed by atoms with Crippen molar-refractivity contribution in [2.45, 2.75) is 46.0 Å². The number of nitrogens with two attached hydrogens (primary N) is 1. The van der Waals surface area contributed by atoms with Gasteiger partial charge in [0.25, 0.3) is 5.82 Å². The number of rotatable bonds is 6. The fourth-order valence-corrected chi connectivity index (χ4v) is 3.31. The lowest BCUT2D eigenvalue weighted by molar-refractivity contribution is -0.374. The summed E-state index contributed by atoms with van der Waals surface area (Å²) in [5.41, 5.74) is 11.1. The molecule has 0 saturated heterocycles. The van der Waals surface area contributed by atoms with Crippen molar-refractivity contribution < 1.29 is 4.98 Å². The van der Waals surface area contributed by atoms with Crippen LogP contribution in [-0.4, -0.2) is 0 Å². The summed E-state index contributed by atoms with van der Waals surface area (Å²) in [5, 5.41) is 9.63. The van der Waals surface area contributed by atoms with Crippen LogP contribution >= 0.6 is 15.9 Å². The monoisotopic (exact) mass is 372 g/mol. The number of nitrogens with zero attached hydrogens (tertiary/aromatic N) is 1. The highest BCUT2D eigenvalue weighted by Gasteiger charge is 2.22. The average Bonchev–Trinajstić information content (AvgIpc) is 2.54. The van der Waals surface area contributed by atoms with Crippen LogP contribution in [0.4, 0.5) is 5.82 Å². The molecule has 0 amide bonds. The zero-order valence-corrected chi connectivity index (χ0v) is 15.3. The number of hydrogen-bond donors (Lipinski definition) is 1. The van der Waals surface area contributed by atoms with E-state index in [9.17, 15) is 5.26 Å². The topological polar surface area (TPSA) is 63.9 Å². The summed E-state index contributed by atoms with van der Waals surface area (Å²) in [4.78, 5) is 3.28. The number of anilines is 1. The van der Waals surface area contributed by atoms with Gasteiger partial charge in [-0.05, 0) is 30.5 Å². The van der Waals surface area contributed by atoms with Gasteiger partial charge in [-0.15, -0.1) is 0 Å². The lowest BCUT2D eigenvalue weighted by atomic mass is 9.90. The van der Waals surface area contributed by atoms with Gasteiger partial charge >= 0.3 is 0 Å². The fraction of sp³-hybridized carbons (Fsp3) is 0.368. The maximum atomic E-state index is 9.63. The molecule has 0 aliphatic heterocycles. The summed E-state index contributed by atoms with van der Waals surface area (Å²) in [6.45, 7) is 4.35. The zero-order chi connectivity index (χ0) is 16.8. The van der Waals surface area contributed by atoms with E-state index in [-0.39, 0.29) is 0 Å². The molecular formula is C19H23BrN3+. The fourth-order valence-electron chi connectivity index (χ4n) is 2.91. The molecule has 120 valence electrons. The summed E-state index contributed by atoms with van der Waals surface area (Å²) in [6, 6.07) is 10.4. The Bertz CT molecular complexity index is 732. The Hall–Kier alpha value is -1.86. The van der Waals surface area contributed by atoms with E-state index in [2.05, 4.69) is 46.9 Å². The number of benzene rings is 1. The van der Waals surface area contributed by atoms with E-state index < -0.39 is 0 Å². The van der Waals surface area contributed by atoms with Gasteiger partial charge in [0.1, 0.15) is 17.3 Å². The number of halogens is 1. The molecule has 0 atom stereocenters. The summed E-state index contributed by atoms with van der Waals surface area (Å²) in [5.74, 6) is 0.466. The first-order valence-electron chi connectivity index (χ1n) is 8.14. The average molecular weight is 373 g/mol. The van der Waals surface area contributed by atoms with E-state index in [0.29, 0.717) is 11.4 Å². The molecule has 23 heavy (non-hydrogen) atoms. The van der Waals surface area contributed by atoms with Gasteiger partial charge < -0.3 is 0 Å². The third kappa shape index (κ3) is 3.92. The zero-order valence-electron chi connectivity index (χ0n) is 13.7. The van der Waals surface area contributed by atoms with Crippen LogP contribution in [0.15, 0.2) is 28.7 Å². The van der Waals surface area contributed by atoms with Crippen molar-refractivity contribution in [2.75, 3.05) is 5.73 Å². The molecular weight excluding hydrogens is 350 g/mol. The van der Waals surface area contributed by atoms with Crippen LogP contribution in [0.5, 0.6) is 0 Å². The van der Waals surface area contributed by atoms with Gasteiger partial charge in [0, 0.05) is 22.0 Å². The van der Waals surface area contributed by atoms with Crippen molar-refractivity contribution in [3.05, 3.63) is 45.6 Å². The molecule has 3 N–H and O–H groups in total. The maximum absolute atomic E-state index is 9.63. The van der Waals surface area contributed by atoms with Gasteiger partial charge in [0.2, 0.25) is 0 Å². The Labute approximate surface area is 146 Å². The summed E-state index contributed by atoms with van der Waals surface area (Å²) >= 11 is 3.53. The van der Waals surface area contributed by atoms with Gasteiger partial charge in [0.15, 0.2) is 0 Å². The normalized spacial score (nSPS) is 10.5. The van der Waals surface area contributed by atoms with Crippen molar-refractivity contribution in [2.24, 2.45) is 0 Å². The number of aryl methyl sites for hydroxylation is 1. The van der Waals surface area contributed by atoms with Gasteiger partial charge in [-0.25, -0.2) is 4.98 Å². The standard InChI is InChI=1S/C19H22BrN3/c1-3-5-10-17-15(7-4-2)18(16(12-21)19(22)23-17)13-8-6-9-14(20)11-13/h6,8-9,11H,3-5,7,10H2,1-2H3,(H2,22,23)/p+1. The molecule has 0 bridgehead atoms. The van der Waals surface area contributed by atoms with Gasteiger partial charge in [-0.3, -0.25) is 5.73 Å². The molecule has 0 spiro atoms. The number of nitriles is 1. The molecule has 0 saturated carbocycles. The van der Waals surface area contributed by atoms with E-state index >= 15 is 0 Å². The summed E-state index contributed by atoms with van der Waals surface area (Å²) in [7, 11) is 0. The second-order valence-corrected chi connectivity index (χ2v) is 6.64. The van der Waals surface area contributed by atoms with Crippen molar-refractivity contribution in [1.29, 1.82) is 5.26 Å². The first-order chi connectivity index (χ1) is 11.1.